The van der Waals surface area contributed by atoms with E-state index in [0.29, 0.717) is 16.5 Å². The summed E-state index contributed by atoms with van der Waals surface area (Å²) in [5, 5.41) is 3.42. The monoisotopic (exact) mass is 388 g/mol. The van der Waals surface area contributed by atoms with Gasteiger partial charge < -0.3 is 10.1 Å². The molecule has 1 aliphatic heterocycles. The molecule has 0 bridgehead atoms. The van der Waals surface area contributed by atoms with E-state index in [1.807, 2.05) is 31.3 Å². The van der Waals surface area contributed by atoms with Crippen molar-refractivity contribution in [3.8, 4) is 5.75 Å². The van der Waals surface area contributed by atoms with E-state index >= 15 is 0 Å². The molecule has 0 spiro atoms. The molecule has 0 radical (unpaired) electrons. The molecule has 1 saturated heterocycles. The number of nitrogens with one attached hydrogen (secondary N) is 1. The minimum absolute atomic E-state index is 0.0330. The molecule has 3 rings (SSSR count). The van der Waals surface area contributed by atoms with Gasteiger partial charge in [-0.15, -0.1) is 0 Å². The highest BCUT2D eigenvalue weighted by atomic mass is 35.5. The van der Waals surface area contributed by atoms with Crippen LogP contribution in [-0.4, -0.2) is 60.0 Å². The van der Waals surface area contributed by atoms with Crippen molar-refractivity contribution >= 4 is 23.2 Å². The largest absolute Gasteiger partial charge is 0.495 e. The van der Waals surface area contributed by atoms with E-state index in [4.69, 9.17) is 16.3 Å². The maximum atomic E-state index is 12.6. The van der Waals surface area contributed by atoms with Crippen LogP contribution in [0.4, 0.5) is 5.69 Å². The second-order valence-electron chi connectivity index (χ2n) is 6.65. The number of rotatable bonds is 6. The van der Waals surface area contributed by atoms with Gasteiger partial charge in [0.25, 0.3) is 0 Å². The van der Waals surface area contributed by atoms with Crippen LogP contribution in [0.1, 0.15) is 12.6 Å². The average molecular weight is 389 g/mol. The first-order valence-electron chi connectivity index (χ1n) is 9.07. The molecule has 6 nitrogen and oxygen atoms in total. The lowest BCUT2D eigenvalue weighted by molar-refractivity contribution is -0.121. The number of carbonyl (C=O) groups excluding carboxylic acids is 1. The average Bonchev–Trinajstić information content (AvgIpc) is 2.69. The van der Waals surface area contributed by atoms with Crippen LogP contribution in [0.5, 0.6) is 5.75 Å². The van der Waals surface area contributed by atoms with Crippen molar-refractivity contribution in [1.82, 2.24) is 14.8 Å². The van der Waals surface area contributed by atoms with Crippen LogP contribution >= 0.6 is 11.6 Å². The van der Waals surface area contributed by atoms with Gasteiger partial charge in [-0.25, -0.2) is 0 Å². The maximum Gasteiger partial charge on any atom is 0.241 e. The Morgan fingerprint density at radius 1 is 1.26 bits per heavy atom. The SMILES string of the molecule is COc1ccc(NC(=O)C(C)N2CCN(Cc3ccccn3)CC2)cc1Cl. The van der Waals surface area contributed by atoms with Gasteiger partial charge in [0.1, 0.15) is 5.75 Å². The number of hydrogen-bond acceptors (Lipinski definition) is 5. The molecule has 1 aromatic heterocycles. The molecule has 2 aromatic rings. The van der Waals surface area contributed by atoms with Crippen LogP contribution in [-0.2, 0) is 11.3 Å². The first-order chi connectivity index (χ1) is 13.1. The van der Waals surface area contributed by atoms with Gasteiger partial charge in [-0.3, -0.25) is 19.6 Å². The van der Waals surface area contributed by atoms with Crippen molar-refractivity contribution in [2.75, 3.05) is 38.6 Å². The maximum absolute atomic E-state index is 12.6. The summed E-state index contributed by atoms with van der Waals surface area (Å²) < 4.78 is 5.14. The smallest absolute Gasteiger partial charge is 0.241 e. The standard InChI is InChI=1S/C20H25ClN4O2/c1-15(20(26)23-16-6-7-19(27-2)18(21)13-16)25-11-9-24(10-12-25)14-17-5-3-4-8-22-17/h3-8,13,15H,9-12,14H2,1-2H3,(H,23,26). The summed E-state index contributed by atoms with van der Waals surface area (Å²) in [4.78, 5) is 21.6. The van der Waals surface area contributed by atoms with Crippen LogP contribution < -0.4 is 10.1 Å². The van der Waals surface area contributed by atoms with Crippen LogP contribution in [0, 0.1) is 0 Å². The number of ether oxygens (including phenoxy) is 1. The number of anilines is 1. The van der Waals surface area contributed by atoms with E-state index < -0.39 is 0 Å². The third-order valence-corrected chi connectivity index (χ3v) is 5.16. The molecule has 1 amide bonds. The Hall–Kier alpha value is -2.15. The van der Waals surface area contributed by atoms with Gasteiger partial charge >= 0.3 is 0 Å². The molecule has 1 unspecified atom stereocenters. The van der Waals surface area contributed by atoms with Gasteiger partial charge in [-0.2, -0.15) is 0 Å². The molecule has 0 saturated carbocycles. The number of hydrogen-bond donors (Lipinski definition) is 1. The molecular formula is C20H25ClN4O2. The van der Waals surface area contributed by atoms with Gasteiger partial charge in [0, 0.05) is 44.6 Å². The quantitative estimate of drug-likeness (QED) is 0.824. The van der Waals surface area contributed by atoms with Gasteiger partial charge in [0.2, 0.25) is 5.91 Å². The second kappa shape index (κ2) is 9.17. The Labute approximate surface area is 165 Å². The van der Waals surface area contributed by atoms with E-state index in [2.05, 4.69) is 20.1 Å². The predicted octanol–water partition coefficient (Wildman–Crippen LogP) is 2.89. The molecule has 1 aromatic carbocycles. The first kappa shape index (κ1) is 19.6. The van der Waals surface area contributed by atoms with Crippen molar-refractivity contribution in [2.24, 2.45) is 0 Å². The first-order valence-corrected chi connectivity index (χ1v) is 9.45. The summed E-state index contributed by atoms with van der Waals surface area (Å²) in [6.07, 6.45) is 1.82. The fraction of sp³-hybridized carbons (Fsp3) is 0.400. The lowest BCUT2D eigenvalue weighted by Crippen LogP contribution is -2.52. The van der Waals surface area contributed by atoms with E-state index in [1.54, 1.807) is 25.3 Å². The predicted molar refractivity (Wildman–Crippen MR) is 107 cm³/mol. The molecule has 1 fully saturated rings. The summed E-state index contributed by atoms with van der Waals surface area (Å²) in [5.74, 6) is 0.557. The normalized spacial score (nSPS) is 16.7. The van der Waals surface area contributed by atoms with Crippen molar-refractivity contribution in [3.63, 3.8) is 0 Å². The fourth-order valence-corrected chi connectivity index (χ4v) is 3.44. The number of carbonyl (C=O) groups is 1. The highest BCUT2D eigenvalue weighted by molar-refractivity contribution is 6.32. The third-order valence-electron chi connectivity index (χ3n) is 4.87. The topological polar surface area (TPSA) is 57.7 Å². The van der Waals surface area contributed by atoms with Gasteiger partial charge in [0.15, 0.2) is 0 Å². The van der Waals surface area contributed by atoms with Crippen LogP contribution in [0.15, 0.2) is 42.6 Å². The van der Waals surface area contributed by atoms with E-state index in [0.717, 1.165) is 38.4 Å². The zero-order chi connectivity index (χ0) is 19.2. The van der Waals surface area contributed by atoms with Crippen molar-refractivity contribution in [3.05, 3.63) is 53.3 Å². The zero-order valence-electron chi connectivity index (χ0n) is 15.7. The number of methoxy groups -OCH3 is 1. The highest BCUT2D eigenvalue weighted by Crippen LogP contribution is 2.27. The summed E-state index contributed by atoms with van der Waals surface area (Å²) in [7, 11) is 1.56. The number of amides is 1. The Morgan fingerprint density at radius 2 is 2.04 bits per heavy atom. The Bertz CT molecular complexity index is 764. The number of aromatic nitrogens is 1. The van der Waals surface area contributed by atoms with Gasteiger partial charge in [0.05, 0.1) is 23.9 Å². The zero-order valence-corrected chi connectivity index (χ0v) is 16.4. The van der Waals surface area contributed by atoms with Crippen LogP contribution in [0.2, 0.25) is 5.02 Å². The second-order valence-corrected chi connectivity index (χ2v) is 7.05. The van der Waals surface area contributed by atoms with Crippen LogP contribution in [0.25, 0.3) is 0 Å². The van der Waals surface area contributed by atoms with Crippen molar-refractivity contribution < 1.29 is 9.53 Å². The number of benzene rings is 1. The van der Waals surface area contributed by atoms with Crippen molar-refractivity contribution in [2.45, 2.75) is 19.5 Å². The van der Waals surface area contributed by atoms with E-state index in [9.17, 15) is 4.79 Å². The number of pyridine rings is 1. The lowest BCUT2D eigenvalue weighted by Gasteiger charge is -2.37. The minimum Gasteiger partial charge on any atom is -0.495 e. The van der Waals surface area contributed by atoms with Crippen molar-refractivity contribution in [1.29, 1.82) is 0 Å². The Kier molecular flexibility index (Phi) is 6.66. The molecular weight excluding hydrogens is 364 g/mol. The Balaban J connectivity index is 1.50. The molecule has 1 aliphatic rings. The van der Waals surface area contributed by atoms with E-state index in [-0.39, 0.29) is 11.9 Å². The summed E-state index contributed by atoms with van der Waals surface area (Å²) in [6.45, 7) is 6.33. The molecule has 1 N–H and O–H groups in total. The molecule has 27 heavy (non-hydrogen) atoms. The van der Waals surface area contributed by atoms with E-state index in [1.165, 1.54) is 0 Å². The molecule has 2 heterocycles. The van der Waals surface area contributed by atoms with Gasteiger partial charge in [-0.05, 0) is 37.3 Å². The summed E-state index contributed by atoms with van der Waals surface area (Å²) in [6, 6.07) is 11.0. The summed E-state index contributed by atoms with van der Waals surface area (Å²) >= 11 is 6.13. The number of piperazine rings is 1. The fourth-order valence-electron chi connectivity index (χ4n) is 3.19. The third kappa shape index (κ3) is 5.19. The molecule has 144 valence electrons. The molecule has 7 heteroatoms. The molecule has 1 atom stereocenters. The minimum atomic E-state index is -0.206. The lowest BCUT2D eigenvalue weighted by atomic mass is 10.2. The van der Waals surface area contributed by atoms with Gasteiger partial charge in [-0.1, -0.05) is 17.7 Å². The highest BCUT2D eigenvalue weighted by Gasteiger charge is 2.25. The molecule has 0 aliphatic carbocycles. The number of nitrogens with zero attached hydrogens (tertiary/aromatic N) is 3. The summed E-state index contributed by atoms with van der Waals surface area (Å²) in [5.41, 5.74) is 1.75. The van der Waals surface area contributed by atoms with Crippen LogP contribution in [0.3, 0.4) is 0 Å². The number of halogens is 1. The Morgan fingerprint density at radius 3 is 2.67 bits per heavy atom.